The standard InChI is InChI=1S/C16H19NO/c18-13-12-17-11-10-14-6-8-16(9-7-14)15-4-2-1-3-5-15/h1-9,17-18H,10-13H2. The number of hydrogen-bond acceptors (Lipinski definition) is 2. The van der Waals surface area contributed by atoms with Gasteiger partial charge in [0.2, 0.25) is 0 Å². The molecule has 0 aromatic heterocycles. The van der Waals surface area contributed by atoms with Gasteiger partial charge in [0.15, 0.2) is 0 Å². The molecule has 94 valence electrons. The van der Waals surface area contributed by atoms with E-state index in [1.165, 1.54) is 16.7 Å². The van der Waals surface area contributed by atoms with Gasteiger partial charge in [-0.3, -0.25) is 0 Å². The molecule has 0 aliphatic carbocycles. The van der Waals surface area contributed by atoms with Crippen molar-refractivity contribution in [2.75, 3.05) is 19.7 Å². The number of nitrogens with one attached hydrogen (secondary N) is 1. The van der Waals surface area contributed by atoms with Crippen LogP contribution in [0.2, 0.25) is 0 Å². The molecule has 2 nitrogen and oxygen atoms in total. The minimum atomic E-state index is 0.201. The summed E-state index contributed by atoms with van der Waals surface area (Å²) in [5, 5.41) is 11.8. The van der Waals surface area contributed by atoms with E-state index in [1.54, 1.807) is 0 Å². The molecule has 0 aliphatic heterocycles. The van der Waals surface area contributed by atoms with Crippen LogP contribution >= 0.6 is 0 Å². The molecule has 0 atom stereocenters. The van der Waals surface area contributed by atoms with Gasteiger partial charge in [-0.05, 0) is 29.7 Å². The van der Waals surface area contributed by atoms with Crippen molar-refractivity contribution in [1.29, 1.82) is 0 Å². The molecule has 0 fully saturated rings. The van der Waals surface area contributed by atoms with Crippen molar-refractivity contribution in [2.24, 2.45) is 0 Å². The maximum atomic E-state index is 8.66. The third kappa shape index (κ3) is 3.69. The monoisotopic (exact) mass is 241 g/mol. The molecule has 0 amide bonds. The molecule has 0 radical (unpaired) electrons. The summed E-state index contributed by atoms with van der Waals surface area (Å²) >= 11 is 0. The molecule has 0 spiro atoms. The second kappa shape index (κ2) is 6.94. The van der Waals surface area contributed by atoms with Gasteiger partial charge in [-0.1, -0.05) is 54.6 Å². The van der Waals surface area contributed by atoms with Crippen molar-refractivity contribution in [3.63, 3.8) is 0 Å². The van der Waals surface area contributed by atoms with Gasteiger partial charge >= 0.3 is 0 Å². The van der Waals surface area contributed by atoms with Crippen LogP contribution < -0.4 is 5.32 Å². The van der Waals surface area contributed by atoms with E-state index in [1.807, 2.05) is 6.07 Å². The molecular weight excluding hydrogens is 222 g/mol. The molecule has 2 rings (SSSR count). The summed E-state index contributed by atoms with van der Waals surface area (Å²) in [6.45, 7) is 1.78. The minimum absolute atomic E-state index is 0.201. The lowest BCUT2D eigenvalue weighted by Gasteiger charge is -2.05. The molecule has 18 heavy (non-hydrogen) atoms. The fraction of sp³-hybridized carbons (Fsp3) is 0.250. The molecule has 2 aromatic carbocycles. The van der Waals surface area contributed by atoms with Crippen LogP contribution in [0.15, 0.2) is 54.6 Å². The van der Waals surface area contributed by atoms with Gasteiger partial charge in [-0.15, -0.1) is 0 Å². The van der Waals surface area contributed by atoms with Crippen LogP contribution in [0, 0.1) is 0 Å². The fourth-order valence-corrected chi connectivity index (χ4v) is 1.93. The highest BCUT2D eigenvalue weighted by Crippen LogP contribution is 2.19. The Hall–Kier alpha value is -1.64. The second-order valence-electron chi connectivity index (χ2n) is 4.29. The second-order valence-corrected chi connectivity index (χ2v) is 4.29. The third-order valence-corrected chi connectivity index (χ3v) is 2.94. The molecule has 2 heteroatoms. The summed E-state index contributed by atoms with van der Waals surface area (Å²) in [7, 11) is 0. The molecule has 0 aliphatic rings. The van der Waals surface area contributed by atoms with Crippen LogP contribution in [0.4, 0.5) is 0 Å². The van der Waals surface area contributed by atoms with E-state index in [0.29, 0.717) is 6.54 Å². The maximum absolute atomic E-state index is 8.66. The first-order valence-corrected chi connectivity index (χ1v) is 6.36. The Balaban J connectivity index is 1.94. The van der Waals surface area contributed by atoms with E-state index in [9.17, 15) is 0 Å². The van der Waals surface area contributed by atoms with Crippen molar-refractivity contribution >= 4 is 0 Å². The lowest BCUT2D eigenvalue weighted by atomic mass is 10.0. The average molecular weight is 241 g/mol. The summed E-state index contributed by atoms with van der Waals surface area (Å²) in [5.74, 6) is 0. The minimum Gasteiger partial charge on any atom is -0.395 e. The summed E-state index contributed by atoms with van der Waals surface area (Å²) < 4.78 is 0. The Morgan fingerprint density at radius 3 is 2.11 bits per heavy atom. The molecule has 0 heterocycles. The molecule has 2 N–H and O–H groups in total. The SMILES string of the molecule is OCCNCCc1ccc(-c2ccccc2)cc1. The maximum Gasteiger partial charge on any atom is 0.0555 e. The Kier molecular flexibility index (Phi) is 4.94. The summed E-state index contributed by atoms with van der Waals surface area (Å²) in [6, 6.07) is 19.1. The van der Waals surface area contributed by atoms with E-state index >= 15 is 0 Å². The van der Waals surface area contributed by atoms with Gasteiger partial charge < -0.3 is 10.4 Å². The van der Waals surface area contributed by atoms with Gasteiger partial charge in [0, 0.05) is 6.54 Å². The highest BCUT2D eigenvalue weighted by atomic mass is 16.3. The van der Waals surface area contributed by atoms with Gasteiger partial charge in [-0.25, -0.2) is 0 Å². The molecule has 2 aromatic rings. The average Bonchev–Trinajstić information content (AvgIpc) is 2.45. The fourth-order valence-electron chi connectivity index (χ4n) is 1.93. The Morgan fingerprint density at radius 1 is 0.778 bits per heavy atom. The normalized spacial score (nSPS) is 10.5. The number of aliphatic hydroxyl groups is 1. The number of rotatable bonds is 6. The van der Waals surface area contributed by atoms with E-state index in [2.05, 4.69) is 53.8 Å². The van der Waals surface area contributed by atoms with Crippen LogP contribution in [0.25, 0.3) is 11.1 Å². The van der Waals surface area contributed by atoms with Crippen LogP contribution in [-0.2, 0) is 6.42 Å². The molecule has 0 saturated carbocycles. The van der Waals surface area contributed by atoms with Crippen molar-refractivity contribution in [1.82, 2.24) is 5.32 Å². The first kappa shape index (κ1) is 12.8. The van der Waals surface area contributed by atoms with Crippen molar-refractivity contribution in [3.8, 4) is 11.1 Å². The first-order chi connectivity index (χ1) is 8.90. The number of hydrogen-bond donors (Lipinski definition) is 2. The van der Waals surface area contributed by atoms with E-state index < -0.39 is 0 Å². The third-order valence-electron chi connectivity index (χ3n) is 2.94. The quantitative estimate of drug-likeness (QED) is 0.762. The van der Waals surface area contributed by atoms with Gasteiger partial charge in [0.05, 0.1) is 6.61 Å². The van der Waals surface area contributed by atoms with E-state index in [-0.39, 0.29) is 6.61 Å². The van der Waals surface area contributed by atoms with Crippen molar-refractivity contribution < 1.29 is 5.11 Å². The highest BCUT2D eigenvalue weighted by molar-refractivity contribution is 5.63. The van der Waals surface area contributed by atoms with Crippen LogP contribution in [0.1, 0.15) is 5.56 Å². The lowest BCUT2D eigenvalue weighted by molar-refractivity contribution is 0.293. The summed E-state index contributed by atoms with van der Waals surface area (Å²) in [6.07, 6.45) is 0.995. The predicted octanol–water partition coefficient (Wildman–Crippen LogP) is 2.48. The zero-order chi connectivity index (χ0) is 12.6. The van der Waals surface area contributed by atoms with Gasteiger partial charge in [0.25, 0.3) is 0 Å². The Morgan fingerprint density at radius 2 is 1.44 bits per heavy atom. The highest BCUT2D eigenvalue weighted by Gasteiger charge is 1.97. The van der Waals surface area contributed by atoms with Crippen molar-refractivity contribution in [2.45, 2.75) is 6.42 Å². The molecule has 0 bridgehead atoms. The van der Waals surface area contributed by atoms with E-state index in [4.69, 9.17) is 5.11 Å². The lowest BCUT2D eigenvalue weighted by Crippen LogP contribution is -2.20. The van der Waals surface area contributed by atoms with Crippen LogP contribution in [0.5, 0.6) is 0 Å². The van der Waals surface area contributed by atoms with Gasteiger partial charge in [0.1, 0.15) is 0 Å². The predicted molar refractivity (Wildman–Crippen MR) is 75.5 cm³/mol. The summed E-state index contributed by atoms with van der Waals surface area (Å²) in [4.78, 5) is 0. The van der Waals surface area contributed by atoms with Crippen molar-refractivity contribution in [3.05, 3.63) is 60.2 Å². The van der Waals surface area contributed by atoms with Crippen LogP contribution in [0.3, 0.4) is 0 Å². The van der Waals surface area contributed by atoms with E-state index in [0.717, 1.165) is 13.0 Å². The van der Waals surface area contributed by atoms with Gasteiger partial charge in [-0.2, -0.15) is 0 Å². The molecule has 0 saturated heterocycles. The molecule has 0 unspecified atom stereocenters. The first-order valence-electron chi connectivity index (χ1n) is 6.36. The summed E-state index contributed by atoms with van der Waals surface area (Å²) in [5.41, 5.74) is 3.82. The number of aliphatic hydroxyl groups excluding tert-OH is 1. The molecular formula is C16H19NO. The smallest absolute Gasteiger partial charge is 0.0555 e. The zero-order valence-corrected chi connectivity index (χ0v) is 10.5. The van der Waals surface area contributed by atoms with Crippen LogP contribution in [-0.4, -0.2) is 24.8 Å². The topological polar surface area (TPSA) is 32.3 Å². The Labute approximate surface area is 108 Å². The number of benzene rings is 2. The largest absolute Gasteiger partial charge is 0.395 e. The Bertz CT molecular complexity index is 450. The zero-order valence-electron chi connectivity index (χ0n) is 10.5.